The number of benzene rings is 2. The molecule has 0 saturated carbocycles. The topological polar surface area (TPSA) is 114 Å². The van der Waals surface area contributed by atoms with Gasteiger partial charge < -0.3 is 5.32 Å². The Morgan fingerprint density at radius 3 is 2.52 bits per heavy atom. The van der Waals surface area contributed by atoms with E-state index >= 15 is 0 Å². The fraction of sp³-hybridized carbons (Fsp3) is 0.0435. The van der Waals surface area contributed by atoms with Crippen LogP contribution in [0.15, 0.2) is 73.1 Å². The molecule has 0 unspecified atom stereocenters. The van der Waals surface area contributed by atoms with E-state index < -0.39 is 10.0 Å². The van der Waals surface area contributed by atoms with E-state index in [1.807, 2.05) is 36.4 Å². The van der Waals surface area contributed by atoms with Crippen molar-refractivity contribution in [3.63, 3.8) is 0 Å². The average Bonchev–Trinajstić information content (AvgIpc) is 3.18. The zero-order valence-corrected chi connectivity index (χ0v) is 18.9. The van der Waals surface area contributed by atoms with E-state index in [9.17, 15) is 13.2 Å². The highest BCUT2D eigenvalue weighted by Crippen LogP contribution is 2.30. The minimum Gasteiger partial charge on any atom is -0.322 e. The maximum atomic E-state index is 13.3. The Morgan fingerprint density at radius 2 is 1.73 bits per heavy atom. The van der Waals surface area contributed by atoms with Gasteiger partial charge in [0.1, 0.15) is 0 Å². The van der Waals surface area contributed by atoms with Crippen molar-refractivity contribution in [3.05, 3.63) is 78.6 Å². The molecule has 3 heterocycles. The number of aromatic nitrogens is 3. The van der Waals surface area contributed by atoms with Gasteiger partial charge in [0.05, 0.1) is 33.2 Å². The van der Waals surface area contributed by atoms with Gasteiger partial charge in [-0.3, -0.25) is 14.5 Å². The Morgan fingerprint density at radius 1 is 0.939 bits per heavy atom. The molecular formula is C23H17N5O3S2. The number of pyridine rings is 2. The lowest BCUT2D eigenvalue weighted by Gasteiger charge is -2.11. The Balaban J connectivity index is 1.50. The van der Waals surface area contributed by atoms with Gasteiger partial charge in [0, 0.05) is 29.0 Å². The van der Waals surface area contributed by atoms with E-state index in [4.69, 9.17) is 4.98 Å². The molecule has 0 saturated heterocycles. The van der Waals surface area contributed by atoms with Gasteiger partial charge in [-0.05, 0) is 42.5 Å². The number of amides is 1. The third-order valence-electron chi connectivity index (χ3n) is 4.86. The number of thiazole rings is 1. The molecule has 5 aromatic rings. The van der Waals surface area contributed by atoms with Crippen LogP contribution in [-0.4, -0.2) is 35.5 Å². The number of carbonyl (C=O) groups excluding carboxylic acids is 1. The number of sulfonamides is 1. The molecule has 0 aliphatic carbocycles. The van der Waals surface area contributed by atoms with E-state index in [0.29, 0.717) is 28.0 Å². The number of nitrogens with zero attached hydrogens (tertiary/aromatic N) is 3. The Kier molecular flexibility index (Phi) is 5.23. The minimum atomic E-state index is -3.42. The van der Waals surface area contributed by atoms with Gasteiger partial charge in [0.2, 0.25) is 10.0 Å². The SMILES string of the molecule is CS(=O)(=O)Nc1nc2ccc(NC(=O)c3cc(-c4ccncc4)nc4ccccc34)cc2s1. The second-order valence-corrected chi connectivity index (χ2v) is 10.1. The summed E-state index contributed by atoms with van der Waals surface area (Å²) in [6, 6.07) is 18.2. The number of para-hydroxylation sites is 1. The summed E-state index contributed by atoms with van der Waals surface area (Å²) in [6.45, 7) is 0. The molecule has 0 radical (unpaired) electrons. The Bertz CT molecular complexity index is 1620. The Hall–Kier alpha value is -3.89. The summed E-state index contributed by atoms with van der Waals surface area (Å²) < 4.78 is 26.1. The molecule has 0 spiro atoms. The maximum Gasteiger partial charge on any atom is 0.256 e. The lowest BCUT2D eigenvalue weighted by atomic mass is 10.0. The van der Waals surface area contributed by atoms with Crippen LogP contribution in [0.25, 0.3) is 32.4 Å². The van der Waals surface area contributed by atoms with Crippen LogP contribution < -0.4 is 10.0 Å². The number of carbonyl (C=O) groups is 1. The van der Waals surface area contributed by atoms with Crippen molar-refractivity contribution >= 4 is 59.2 Å². The fourth-order valence-corrected chi connectivity index (χ4v) is 5.18. The zero-order chi connectivity index (χ0) is 23.0. The highest BCUT2D eigenvalue weighted by atomic mass is 32.2. The van der Waals surface area contributed by atoms with Gasteiger partial charge in [0.15, 0.2) is 5.13 Å². The maximum absolute atomic E-state index is 13.3. The zero-order valence-electron chi connectivity index (χ0n) is 17.3. The number of hydrogen-bond acceptors (Lipinski definition) is 7. The van der Waals surface area contributed by atoms with E-state index in [1.165, 1.54) is 11.3 Å². The van der Waals surface area contributed by atoms with Crippen molar-refractivity contribution in [2.75, 3.05) is 16.3 Å². The van der Waals surface area contributed by atoms with Crippen LogP contribution in [0.1, 0.15) is 10.4 Å². The fourth-order valence-electron chi connectivity index (χ4n) is 3.44. The van der Waals surface area contributed by atoms with Gasteiger partial charge >= 0.3 is 0 Å². The first-order chi connectivity index (χ1) is 15.9. The molecule has 0 aliphatic rings. The molecular weight excluding hydrogens is 458 g/mol. The van der Waals surface area contributed by atoms with Gasteiger partial charge in [-0.15, -0.1) is 0 Å². The smallest absolute Gasteiger partial charge is 0.256 e. The summed E-state index contributed by atoms with van der Waals surface area (Å²) >= 11 is 1.19. The van der Waals surface area contributed by atoms with Crippen LogP contribution >= 0.6 is 11.3 Å². The van der Waals surface area contributed by atoms with E-state index in [2.05, 4.69) is 20.0 Å². The molecule has 33 heavy (non-hydrogen) atoms. The van der Waals surface area contributed by atoms with Crippen LogP contribution in [0, 0.1) is 0 Å². The molecule has 0 bridgehead atoms. The van der Waals surface area contributed by atoms with Crippen molar-refractivity contribution in [2.24, 2.45) is 0 Å². The first-order valence-corrected chi connectivity index (χ1v) is 12.6. The van der Waals surface area contributed by atoms with Crippen molar-refractivity contribution < 1.29 is 13.2 Å². The van der Waals surface area contributed by atoms with Crippen molar-refractivity contribution in [2.45, 2.75) is 0 Å². The summed E-state index contributed by atoms with van der Waals surface area (Å²) in [5.74, 6) is -0.276. The lowest BCUT2D eigenvalue weighted by molar-refractivity contribution is 0.102. The van der Waals surface area contributed by atoms with E-state index in [1.54, 1.807) is 36.7 Å². The molecule has 0 atom stereocenters. The first-order valence-electron chi connectivity index (χ1n) is 9.86. The predicted molar refractivity (Wildman–Crippen MR) is 131 cm³/mol. The second kappa shape index (κ2) is 8.23. The largest absolute Gasteiger partial charge is 0.322 e. The van der Waals surface area contributed by atoms with E-state index in [-0.39, 0.29) is 11.0 Å². The van der Waals surface area contributed by atoms with Crippen LogP contribution in [0.3, 0.4) is 0 Å². The molecule has 1 amide bonds. The van der Waals surface area contributed by atoms with Crippen LogP contribution in [0.5, 0.6) is 0 Å². The summed E-state index contributed by atoms with van der Waals surface area (Å²) in [7, 11) is -3.42. The van der Waals surface area contributed by atoms with E-state index in [0.717, 1.165) is 21.9 Å². The minimum absolute atomic E-state index is 0.276. The third-order valence-corrected chi connectivity index (χ3v) is 6.48. The van der Waals surface area contributed by atoms with Gasteiger partial charge in [-0.2, -0.15) is 0 Å². The predicted octanol–water partition coefficient (Wildman–Crippen LogP) is 4.53. The van der Waals surface area contributed by atoms with Crippen molar-refractivity contribution in [1.82, 2.24) is 15.0 Å². The lowest BCUT2D eigenvalue weighted by Crippen LogP contribution is -2.13. The molecule has 164 valence electrons. The second-order valence-electron chi connectivity index (χ2n) is 7.34. The monoisotopic (exact) mass is 475 g/mol. The third kappa shape index (κ3) is 4.52. The summed E-state index contributed by atoms with van der Waals surface area (Å²) in [4.78, 5) is 26.3. The summed E-state index contributed by atoms with van der Waals surface area (Å²) in [5.41, 5.74) is 3.96. The highest BCUT2D eigenvalue weighted by Gasteiger charge is 2.15. The molecule has 0 aliphatic heterocycles. The summed E-state index contributed by atoms with van der Waals surface area (Å²) in [5, 5.41) is 3.96. The van der Waals surface area contributed by atoms with Crippen LogP contribution in [0.2, 0.25) is 0 Å². The van der Waals surface area contributed by atoms with Gasteiger partial charge in [-0.1, -0.05) is 29.5 Å². The summed E-state index contributed by atoms with van der Waals surface area (Å²) in [6.07, 6.45) is 4.44. The van der Waals surface area contributed by atoms with Crippen molar-refractivity contribution in [1.29, 1.82) is 0 Å². The standard InChI is InChI=1S/C23H17N5O3S2/c1-33(30,31)28-23-27-19-7-6-15(12-21(19)32-23)25-22(29)17-13-20(14-8-10-24-11-9-14)26-18-5-3-2-4-16(17)18/h2-13H,1H3,(H,25,29)(H,27,28). The molecule has 0 fully saturated rings. The Labute approximate surface area is 193 Å². The van der Waals surface area contributed by atoms with Crippen LogP contribution in [-0.2, 0) is 10.0 Å². The van der Waals surface area contributed by atoms with Gasteiger partial charge in [0.25, 0.3) is 5.91 Å². The number of hydrogen-bond donors (Lipinski definition) is 2. The number of anilines is 2. The number of nitrogens with one attached hydrogen (secondary N) is 2. The average molecular weight is 476 g/mol. The molecule has 10 heteroatoms. The molecule has 5 rings (SSSR count). The quantitative estimate of drug-likeness (QED) is 0.386. The first kappa shape index (κ1) is 21.0. The molecule has 2 aromatic carbocycles. The molecule has 3 aromatic heterocycles. The highest BCUT2D eigenvalue weighted by molar-refractivity contribution is 7.92. The van der Waals surface area contributed by atoms with Crippen molar-refractivity contribution in [3.8, 4) is 11.3 Å². The molecule has 2 N–H and O–H groups in total. The normalized spacial score (nSPS) is 11.5. The number of fused-ring (bicyclic) bond motifs is 2. The molecule has 8 nitrogen and oxygen atoms in total. The van der Waals surface area contributed by atoms with Gasteiger partial charge in [-0.25, -0.2) is 18.4 Å². The number of rotatable bonds is 5. The van der Waals surface area contributed by atoms with Crippen LogP contribution in [0.4, 0.5) is 10.8 Å².